The van der Waals surface area contributed by atoms with Crippen LogP contribution in [0.5, 0.6) is 0 Å². The van der Waals surface area contributed by atoms with Crippen molar-refractivity contribution in [3.05, 3.63) is 22.6 Å². The van der Waals surface area contributed by atoms with Crippen LogP contribution in [-0.4, -0.2) is 38.3 Å². The molecule has 0 fully saturated rings. The third-order valence-corrected chi connectivity index (χ3v) is 1.99. The molecule has 7 nitrogen and oxygen atoms in total. The molecule has 0 amide bonds. The van der Waals surface area contributed by atoms with Gasteiger partial charge in [0.2, 0.25) is 6.33 Å². The molecule has 0 spiro atoms. The smallest absolute Gasteiger partial charge is 0.381 e. The Balaban J connectivity index is 2.43. The summed E-state index contributed by atoms with van der Waals surface area (Å²) < 4.78 is 1.50. The van der Waals surface area contributed by atoms with Crippen molar-refractivity contribution in [3.8, 4) is 0 Å². The molecule has 16 heavy (non-hydrogen) atoms. The van der Waals surface area contributed by atoms with Crippen molar-refractivity contribution in [2.75, 3.05) is 6.54 Å². The molecular weight excluding hydrogens is 212 g/mol. The van der Waals surface area contributed by atoms with Gasteiger partial charge in [-0.05, 0) is 9.91 Å². The van der Waals surface area contributed by atoms with Gasteiger partial charge in [0.25, 0.3) is 0 Å². The van der Waals surface area contributed by atoms with E-state index < -0.39 is 11.0 Å². The van der Waals surface area contributed by atoms with Crippen molar-refractivity contribution in [1.29, 1.82) is 0 Å². The first-order valence-corrected chi connectivity index (χ1v) is 5.06. The van der Waals surface area contributed by atoms with E-state index in [4.69, 9.17) is 0 Å². The van der Waals surface area contributed by atoms with Crippen LogP contribution in [0.1, 0.15) is 13.8 Å². The summed E-state index contributed by atoms with van der Waals surface area (Å²) in [5.41, 5.74) is 0. The summed E-state index contributed by atoms with van der Waals surface area (Å²) in [7, 11) is 0. The van der Waals surface area contributed by atoms with Crippen LogP contribution in [0, 0.1) is 10.1 Å². The second kappa shape index (κ2) is 5.57. The third kappa shape index (κ3) is 3.95. The van der Waals surface area contributed by atoms with Gasteiger partial charge in [0.15, 0.2) is 0 Å². The zero-order valence-electron chi connectivity index (χ0n) is 9.33. The Bertz CT molecular complexity index is 350. The van der Waals surface area contributed by atoms with Crippen LogP contribution in [-0.2, 0) is 6.54 Å². The number of hydrogen-bond donors (Lipinski definition) is 2. The first kappa shape index (κ1) is 12.6. The molecule has 1 atom stereocenters. The van der Waals surface area contributed by atoms with Gasteiger partial charge in [-0.3, -0.25) is 0 Å². The largest absolute Gasteiger partial charge is 0.390 e. The maximum Gasteiger partial charge on any atom is 0.381 e. The highest BCUT2D eigenvalue weighted by molar-refractivity contribution is 5.12. The third-order valence-electron chi connectivity index (χ3n) is 1.99. The van der Waals surface area contributed by atoms with E-state index in [2.05, 4.69) is 10.3 Å². The van der Waals surface area contributed by atoms with Crippen LogP contribution >= 0.6 is 0 Å². The van der Waals surface area contributed by atoms with Crippen LogP contribution in [0.25, 0.3) is 0 Å². The van der Waals surface area contributed by atoms with E-state index in [1.807, 2.05) is 13.8 Å². The molecular formula is C9H16N4O3. The maximum absolute atomic E-state index is 10.4. The molecule has 0 saturated carbocycles. The molecule has 90 valence electrons. The zero-order chi connectivity index (χ0) is 12.1. The lowest BCUT2D eigenvalue weighted by Gasteiger charge is -2.13. The average Bonchev–Trinajstić information content (AvgIpc) is 2.63. The number of nitrogens with one attached hydrogen (secondary N) is 1. The fraction of sp³-hybridized carbons (Fsp3) is 0.667. The minimum absolute atomic E-state index is 0.205. The van der Waals surface area contributed by atoms with Gasteiger partial charge < -0.3 is 25.1 Å². The highest BCUT2D eigenvalue weighted by atomic mass is 16.6. The monoisotopic (exact) mass is 228 g/mol. The molecule has 1 rings (SSSR count). The molecule has 0 aliphatic carbocycles. The number of aliphatic hydroxyl groups is 1. The maximum atomic E-state index is 10.4. The number of hydrogen-bond acceptors (Lipinski definition) is 5. The molecule has 1 aromatic heterocycles. The van der Waals surface area contributed by atoms with Crippen molar-refractivity contribution >= 4 is 5.82 Å². The first-order chi connectivity index (χ1) is 7.49. The predicted octanol–water partition coefficient (Wildman–Crippen LogP) is 0.150. The minimum Gasteiger partial charge on any atom is -0.390 e. The number of nitro groups is 1. The molecule has 7 heteroatoms. The fourth-order valence-electron chi connectivity index (χ4n) is 1.22. The molecule has 0 saturated heterocycles. The molecule has 1 heterocycles. The molecule has 1 unspecified atom stereocenters. The predicted molar refractivity (Wildman–Crippen MR) is 58.0 cm³/mol. The van der Waals surface area contributed by atoms with Crippen molar-refractivity contribution < 1.29 is 10.0 Å². The van der Waals surface area contributed by atoms with Gasteiger partial charge in [-0.25, -0.2) is 0 Å². The van der Waals surface area contributed by atoms with E-state index in [0.29, 0.717) is 19.1 Å². The summed E-state index contributed by atoms with van der Waals surface area (Å²) in [6.45, 7) is 4.70. The van der Waals surface area contributed by atoms with Gasteiger partial charge in [0.1, 0.15) is 6.20 Å². The van der Waals surface area contributed by atoms with Gasteiger partial charge in [-0.15, -0.1) is 0 Å². The van der Waals surface area contributed by atoms with Crippen molar-refractivity contribution in [2.45, 2.75) is 32.5 Å². The normalized spacial score (nSPS) is 13.0. The van der Waals surface area contributed by atoms with E-state index in [-0.39, 0.29) is 5.82 Å². The summed E-state index contributed by atoms with van der Waals surface area (Å²) in [5.74, 6) is -0.205. The topological polar surface area (TPSA) is 93.2 Å². The number of nitrogens with zero attached hydrogens (tertiary/aromatic N) is 3. The van der Waals surface area contributed by atoms with Gasteiger partial charge in [-0.2, -0.15) is 0 Å². The number of aliphatic hydroxyl groups excluding tert-OH is 1. The minimum atomic E-state index is -0.587. The molecule has 1 aromatic rings. The second-order valence-corrected chi connectivity index (χ2v) is 3.90. The Morgan fingerprint density at radius 1 is 1.69 bits per heavy atom. The molecule has 0 radical (unpaired) electrons. The first-order valence-electron chi connectivity index (χ1n) is 5.06. The second-order valence-electron chi connectivity index (χ2n) is 3.90. The summed E-state index contributed by atoms with van der Waals surface area (Å²) in [5, 5.41) is 23.1. The number of imidazole rings is 1. The molecule has 0 aliphatic rings. The van der Waals surface area contributed by atoms with Crippen molar-refractivity contribution in [1.82, 2.24) is 14.9 Å². The summed E-state index contributed by atoms with van der Waals surface area (Å²) in [6.07, 6.45) is 2.06. The van der Waals surface area contributed by atoms with Crippen molar-refractivity contribution in [3.63, 3.8) is 0 Å². The molecule has 0 aromatic carbocycles. The zero-order valence-corrected chi connectivity index (χ0v) is 9.33. The Labute approximate surface area is 93.3 Å². The van der Waals surface area contributed by atoms with Crippen LogP contribution in [0.2, 0.25) is 0 Å². The van der Waals surface area contributed by atoms with E-state index in [0.717, 1.165) is 0 Å². The lowest BCUT2D eigenvalue weighted by atomic mass is 10.3. The Hall–Kier alpha value is -1.47. The SMILES string of the molecule is CC(C)NCC(O)Cn1cnc([N+](=O)[O-])c1. The van der Waals surface area contributed by atoms with E-state index in [1.165, 1.54) is 17.1 Å². The summed E-state index contributed by atoms with van der Waals surface area (Å²) in [4.78, 5) is 13.4. The fourth-order valence-corrected chi connectivity index (χ4v) is 1.22. The van der Waals surface area contributed by atoms with Crippen LogP contribution in [0.3, 0.4) is 0 Å². The number of rotatable bonds is 6. The molecule has 0 aliphatic heterocycles. The van der Waals surface area contributed by atoms with E-state index in [1.54, 1.807) is 0 Å². The number of aromatic nitrogens is 2. The quantitative estimate of drug-likeness (QED) is 0.534. The lowest BCUT2D eigenvalue weighted by molar-refractivity contribution is -0.389. The van der Waals surface area contributed by atoms with Crippen molar-refractivity contribution in [2.24, 2.45) is 0 Å². The van der Waals surface area contributed by atoms with Crippen LogP contribution in [0.15, 0.2) is 12.5 Å². The average molecular weight is 228 g/mol. The summed E-state index contributed by atoms with van der Waals surface area (Å²) in [6, 6.07) is 0.298. The van der Waals surface area contributed by atoms with E-state index in [9.17, 15) is 15.2 Å². The van der Waals surface area contributed by atoms with Gasteiger partial charge in [-0.1, -0.05) is 13.8 Å². The van der Waals surface area contributed by atoms with Gasteiger partial charge in [0, 0.05) is 12.6 Å². The van der Waals surface area contributed by atoms with Gasteiger partial charge >= 0.3 is 5.82 Å². The Kier molecular flexibility index (Phi) is 4.39. The molecule has 0 bridgehead atoms. The molecule has 2 N–H and O–H groups in total. The Morgan fingerprint density at radius 3 is 2.88 bits per heavy atom. The van der Waals surface area contributed by atoms with Gasteiger partial charge in [0.05, 0.1) is 12.6 Å². The van der Waals surface area contributed by atoms with Crippen LogP contribution in [0.4, 0.5) is 5.82 Å². The van der Waals surface area contributed by atoms with E-state index >= 15 is 0 Å². The standard InChI is InChI=1S/C9H16N4O3/c1-7(2)10-3-8(14)4-12-5-9(11-6-12)13(15)16/h5-8,10,14H,3-4H2,1-2H3. The van der Waals surface area contributed by atoms with Crippen LogP contribution < -0.4 is 5.32 Å². The lowest BCUT2D eigenvalue weighted by Crippen LogP contribution is -2.34. The highest BCUT2D eigenvalue weighted by Crippen LogP contribution is 2.06. The Morgan fingerprint density at radius 2 is 2.38 bits per heavy atom. The summed E-state index contributed by atoms with van der Waals surface area (Å²) >= 11 is 0. The highest BCUT2D eigenvalue weighted by Gasteiger charge is 2.12.